The van der Waals surface area contributed by atoms with Crippen LogP contribution in [0.4, 0.5) is 4.39 Å². The first-order valence-electron chi connectivity index (χ1n) is 12.2. The molecule has 1 saturated carbocycles. The number of benzene rings is 1. The van der Waals surface area contributed by atoms with Gasteiger partial charge in [-0.25, -0.2) is 17.5 Å². The van der Waals surface area contributed by atoms with E-state index in [1.54, 1.807) is 47.4 Å². The van der Waals surface area contributed by atoms with E-state index >= 15 is 0 Å². The Kier molecular flexibility index (Phi) is 5.98. The lowest BCUT2D eigenvalue weighted by Crippen LogP contribution is -2.46. The molecule has 0 spiro atoms. The minimum absolute atomic E-state index is 0.0747. The van der Waals surface area contributed by atoms with E-state index in [9.17, 15) is 17.6 Å². The molecular weight excluding hydrogens is 477 g/mol. The van der Waals surface area contributed by atoms with Crippen molar-refractivity contribution in [3.63, 3.8) is 0 Å². The normalized spacial score (nSPS) is 21.9. The summed E-state index contributed by atoms with van der Waals surface area (Å²) in [4.78, 5) is 18.4. The van der Waals surface area contributed by atoms with Gasteiger partial charge < -0.3 is 0 Å². The number of ketones is 1. The van der Waals surface area contributed by atoms with Gasteiger partial charge in [0.05, 0.1) is 34.0 Å². The predicted molar refractivity (Wildman–Crippen MR) is 137 cm³/mol. The van der Waals surface area contributed by atoms with Crippen LogP contribution in [0.15, 0.2) is 60.4 Å². The minimum atomic E-state index is -3.42. The SMILES string of the molecule is CC(C)(C)CS(=O)(=O)[C@H]1CCC2=Cc3c(cnn3-c3ccc(F)cc3)C[C@]2(C(=O)c2ccccn2)C1. The highest BCUT2D eigenvalue weighted by Gasteiger charge is 2.52. The minimum Gasteiger partial charge on any atom is -0.291 e. The van der Waals surface area contributed by atoms with Gasteiger partial charge in [0, 0.05) is 6.20 Å². The van der Waals surface area contributed by atoms with Crippen molar-refractivity contribution in [2.45, 2.75) is 51.7 Å². The summed E-state index contributed by atoms with van der Waals surface area (Å²) in [6.07, 6.45) is 6.86. The van der Waals surface area contributed by atoms with Crippen molar-refractivity contribution < 1.29 is 17.6 Å². The second-order valence-corrected chi connectivity index (χ2v) is 13.4. The number of sulfone groups is 1. The number of fused-ring (bicyclic) bond motifs is 2. The molecule has 8 heteroatoms. The molecule has 0 unspecified atom stereocenters. The van der Waals surface area contributed by atoms with Gasteiger partial charge in [0.1, 0.15) is 11.5 Å². The smallest absolute Gasteiger partial charge is 0.191 e. The van der Waals surface area contributed by atoms with Crippen molar-refractivity contribution >= 4 is 21.7 Å². The summed E-state index contributed by atoms with van der Waals surface area (Å²) in [6.45, 7) is 5.76. The third-order valence-electron chi connectivity index (χ3n) is 7.16. The highest BCUT2D eigenvalue weighted by atomic mass is 32.2. The molecule has 0 bridgehead atoms. The number of carbonyl (C=O) groups is 1. The van der Waals surface area contributed by atoms with E-state index in [1.165, 1.54) is 12.1 Å². The van der Waals surface area contributed by atoms with Gasteiger partial charge in [0.25, 0.3) is 0 Å². The first-order valence-corrected chi connectivity index (χ1v) is 13.9. The molecule has 2 aromatic heterocycles. The van der Waals surface area contributed by atoms with Crippen LogP contribution in [0.5, 0.6) is 0 Å². The van der Waals surface area contributed by atoms with Crippen molar-refractivity contribution in [1.29, 1.82) is 0 Å². The zero-order chi connectivity index (χ0) is 25.7. The van der Waals surface area contributed by atoms with Gasteiger partial charge >= 0.3 is 0 Å². The van der Waals surface area contributed by atoms with Gasteiger partial charge in [-0.05, 0) is 79.1 Å². The third kappa shape index (κ3) is 4.43. The van der Waals surface area contributed by atoms with Crippen molar-refractivity contribution in [3.8, 4) is 5.69 Å². The standard InChI is InChI=1S/C28H30FN3O3S/c1-27(2,3)18-36(34,35)23-12-7-20-14-25-19(17-31-32(25)22-10-8-21(29)9-11-22)15-28(20,16-23)26(33)24-6-4-5-13-30-24/h4-6,8-11,13-14,17,23H,7,12,15-16,18H2,1-3H3/t23-,28-/m0/s1. The summed E-state index contributed by atoms with van der Waals surface area (Å²) in [5, 5.41) is 3.94. The van der Waals surface area contributed by atoms with E-state index in [2.05, 4.69) is 10.1 Å². The van der Waals surface area contributed by atoms with Crippen LogP contribution < -0.4 is 0 Å². The Bertz CT molecular complexity index is 1440. The van der Waals surface area contributed by atoms with Gasteiger partial charge in [-0.1, -0.05) is 32.4 Å². The van der Waals surface area contributed by atoms with Crippen LogP contribution in [-0.2, 0) is 16.3 Å². The first kappa shape index (κ1) is 24.6. The highest BCUT2D eigenvalue weighted by molar-refractivity contribution is 7.92. The summed E-state index contributed by atoms with van der Waals surface area (Å²) in [5.41, 5.74) is 2.32. The molecule has 2 aliphatic carbocycles. The van der Waals surface area contributed by atoms with Crippen LogP contribution >= 0.6 is 0 Å². The zero-order valence-electron chi connectivity index (χ0n) is 20.7. The van der Waals surface area contributed by atoms with Gasteiger partial charge in [-0.15, -0.1) is 0 Å². The van der Waals surface area contributed by atoms with Crippen LogP contribution in [0, 0.1) is 16.6 Å². The molecule has 36 heavy (non-hydrogen) atoms. The van der Waals surface area contributed by atoms with Crippen molar-refractivity contribution in [2.75, 3.05) is 5.75 Å². The fourth-order valence-electron chi connectivity index (χ4n) is 5.62. The summed E-state index contributed by atoms with van der Waals surface area (Å²) in [5.74, 6) is -0.399. The Morgan fingerprint density at radius 3 is 2.58 bits per heavy atom. The molecule has 0 saturated heterocycles. The first-order chi connectivity index (χ1) is 17.0. The Balaban J connectivity index is 1.59. The maximum Gasteiger partial charge on any atom is 0.191 e. The summed E-state index contributed by atoms with van der Waals surface area (Å²) in [7, 11) is -3.42. The number of rotatable bonds is 5. The van der Waals surface area contributed by atoms with Gasteiger partial charge in [-0.2, -0.15) is 5.10 Å². The summed E-state index contributed by atoms with van der Waals surface area (Å²) < 4.78 is 42.1. The topological polar surface area (TPSA) is 81.9 Å². The lowest BCUT2D eigenvalue weighted by Gasteiger charge is -2.44. The van der Waals surface area contributed by atoms with Gasteiger partial charge in [0.15, 0.2) is 15.6 Å². The lowest BCUT2D eigenvalue weighted by atomic mass is 9.61. The largest absolute Gasteiger partial charge is 0.291 e. The molecule has 188 valence electrons. The lowest BCUT2D eigenvalue weighted by molar-refractivity contribution is 0.0796. The number of aromatic nitrogens is 3. The second-order valence-electron chi connectivity index (χ2n) is 11.1. The molecule has 1 fully saturated rings. The molecule has 2 aliphatic rings. The molecule has 0 N–H and O–H groups in total. The number of halogens is 1. The molecule has 2 atom stereocenters. The van der Waals surface area contributed by atoms with E-state index in [-0.39, 0.29) is 29.2 Å². The van der Waals surface area contributed by atoms with Crippen LogP contribution in [0.25, 0.3) is 11.8 Å². The van der Waals surface area contributed by atoms with Crippen LogP contribution in [0.1, 0.15) is 61.8 Å². The van der Waals surface area contributed by atoms with E-state index in [1.807, 2.05) is 26.8 Å². The molecule has 3 aromatic rings. The predicted octanol–water partition coefficient (Wildman–Crippen LogP) is 5.23. The van der Waals surface area contributed by atoms with Gasteiger partial charge in [0.2, 0.25) is 0 Å². The number of hydrogen-bond acceptors (Lipinski definition) is 5. The fraction of sp³-hybridized carbons (Fsp3) is 0.393. The number of pyridine rings is 1. The average molecular weight is 508 g/mol. The maximum absolute atomic E-state index is 14.1. The van der Waals surface area contributed by atoms with Crippen molar-refractivity contribution in [2.24, 2.45) is 10.8 Å². The molecule has 0 radical (unpaired) electrons. The molecule has 2 heterocycles. The number of nitrogens with zero attached hydrogens (tertiary/aromatic N) is 3. The monoisotopic (exact) mass is 507 g/mol. The molecule has 0 amide bonds. The Labute approximate surface area is 211 Å². The van der Waals surface area contributed by atoms with Crippen LogP contribution in [0.3, 0.4) is 0 Å². The molecular formula is C28H30FN3O3S. The molecule has 5 rings (SSSR count). The number of carbonyl (C=O) groups excluding carboxylic acids is 1. The highest BCUT2D eigenvalue weighted by Crippen LogP contribution is 2.51. The maximum atomic E-state index is 14.1. The quantitative estimate of drug-likeness (QED) is 0.442. The molecule has 0 aliphatic heterocycles. The second kappa shape index (κ2) is 8.76. The number of Topliss-reactive ketones (excluding diaryl/α,β-unsaturated/α-hetero) is 1. The van der Waals surface area contributed by atoms with Crippen molar-refractivity contribution in [3.05, 3.63) is 83.2 Å². The van der Waals surface area contributed by atoms with E-state index in [4.69, 9.17) is 0 Å². The van der Waals surface area contributed by atoms with E-state index < -0.39 is 20.5 Å². The number of hydrogen-bond donors (Lipinski definition) is 0. The van der Waals surface area contributed by atoms with Gasteiger partial charge in [-0.3, -0.25) is 9.78 Å². The summed E-state index contributed by atoms with van der Waals surface area (Å²) >= 11 is 0. The molecule has 1 aromatic carbocycles. The summed E-state index contributed by atoms with van der Waals surface area (Å²) in [6, 6.07) is 11.3. The van der Waals surface area contributed by atoms with Crippen LogP contribution in [0.2, 0.25) is 0 Å². The van der Waals surface area contributed by atoms with Crippen LogP contribution in [-0.4, -0.2) is 40.0 Å². The van der Waals surface area contributed by atoms with E-state index in [0.29, 0.717) is 25.0 Å². The third-order valence-corrected chi connectivity index (χ3v) is 9.85. The number of allylic oxidation sites excluding steroid dienone is 1. The van der Waals surface area contributed by atoms with Crippen molar-refractivity contribution in [1.82, 2.24) is 14.8 Å². The Morgan fingerprint density at radius 2 is 1.92 bits per heavy atom. The average Bonchev–Trinajstić information content (AvgIpc) is 3.23. The zero-order valence-corrected chi connectivity index (χ0v) is 21.6. The Hall–Kier alpha value is -3.13. The Morgan fingerprint density at radius 1 is 1.17 bits per heavy atom. The van der Waals surface area contributed by atoms with E-state index in [0.717, 1.165) is 22.5 Å². The molecule has 6 nitrogen and oxygen atoms in total. The fourth-order valence-corrected chi connectivity index (χ4v) is 8.08.